The normalized spacial score (nSPS) is 20.4. The topological polar surface area (TPSA) is 87.8 Å². The quantitative estimate of drug-likeness (QED) is 0.782. The molecular weight excluding hydrogens is 250 g/mol. The molecular formula is C12H19N3O4. The molecule has 1 fully saturated rings. The van der Waals surface area contributed by atoms with Gasteiger partial charge in [0.2, 0.25) is 5.91 Å². The number of aromatic nitrogens is 1. The van der Waals surface area contributed by atoms with E-state index < -0.39 is 0 Å². The molecule has 2 rings (SSSR count). The van der Waals surface area contributed by atoms with E-state index in [1.807, 2.05) is 0 Å². The molecule has 1 aliphatic heterocycles. The second kappa shape index (κ2) is 6.65. The third-order valence-corrected chi connectivity index (χ3v) is 3.08. The van der Waals surface area contributed by atoms with Gasteiger partial charge in [-0.15, -0.1) is 0 Å². The number of hydrogen-bond acceptors (Lipinski definition) is 6. The zero-order valence-electron chi connectivity index (χ0n) is 11.0. The van der Waals surface area contributed by atoms with Gasteiger partial charge < -0.3 is 19.7 Å². The minimum Gasteiger partial charge on any atom is -0.395 e. The van der Waals surface area contributed by atoms with Crippen LogP contribution < -0.4 is 5.32 Å². The number of nitrogens with one attached hydrogen (secondary N) is 1. The van der Waals surface area contributed by atoms with Gasteiger partial charge >= 0.3 is 0 Å². The van der Waals surface area contributed by atoms with Crippen molar-refractivity contribution in [2.24, 2.45) is 0 Å². The smallest absolute Gasteiger partial charge is 0.226 e. The molecule has 2 N–H and O–H groups in total. The number of rotatable bonds is 5. The number of aryl methyl sites for hydroxylation is 1. The zero-order valence-corrected chi connectivity index (χ0v) is 11.0. The molecule has 2 heterocycles. The highest BCUT2D eigenvalue weighted by Crippen LogP contribution is 2.09. The maximum atomic E-state index is 11.7. The highest BCUT2D eigenvalue weighted by molar-refractivity contribution is 5.89. The lowest BCUT2D eigenvalue weighted by Crippen LogP contribution is -2.48. The molecule has 0 spiro atoms. The monoisotopic (exact) mass is 269 g/mol. The first-order valence-electron chi connectivity index (χ1n) is 6.35. The number of nitrogens with zero attached hydrogens (tertiary/aromatic N) is 2. The third kappa shape index (κ3) is 4.02. The van der Waals surface area contributed by atoms with E-state index in [4.69, 9.17) is 9.26 Å². The van der Waals surface area contributed by atoms with Crippen molar-refractivity contribution in [2.45, 2.75) is 19.4 Å². The van der Waals surface area contributed by atoms with Crippen molar-refractivity contribution in [1.82, 2.24) is 10.1 Å². The standard InChI is InChI=1S/C12H19N3O4/c1-9-6-11(14-19-9)13-12(17)2-3-15-4-5-18-8-10(15)7-16/h6,10,16H,2-5,7-8H2,1H3,(H,13,14,17). The van der Waals surface area contributed by atoms with Crippen LogP contribution in [0.25, 0.3) is 0 Å². The van der Waals surface area contributed by atoms with E-state index in [1.54, 1.807) is 13.0 Å². The summed E-state index contributed by atoms with van der Waals surface area (Å²) in [6, 6.07) is 1.65. The maximum Gasteiger partial charge on any atom is 0.226 e. The number of amides is 1. The first-order chi connectivity index (χ1) is 9.19. The van der Waals surface area contributed by atoms with E-state index in [0.29, 0.717) is 37.8 Å². The molecule has 0 radical (unpaired) electrons. The van der Waals surface area contributed by atoms with Crippen LogP contribution in [-0.4, -0.2) is 60.0 Å². The highest BCUT2D eigenvalue weighted by Gasteiger charge is 2.22. The van der Waals surface area contributed by atoms with Gasteiger partial charge in [0.25, 0.3) is 0 Å². The molecule has 1 amide bonds. The van der Waals surface area contributed by atoms with Gasteiger partial charge in [0.15, 0.2) is 5.82 Å². The molecule has 0 aromatic carbocycles. The Morgan fingerprint density at radius 1 is 1.68 bits per heavy atom. The average Bonchev–Trinajstić information content (AvgIpc) is 2.82. The second-order valence-corrected chi connectivity index (χ2v) is 4.57. The summed E-state index contributed by atoms with van der Waals surface area (Å²) >= 11 is 0. The molecule has 0 saturated carbocycles. The van der Waals surface area contributed by atoms with Crippen LogP contribution in [0.15, 0.2) is 10.6 Å². The second-order valence-electron chi connectivity index (χ2n) is 4.57. The summed E-state index contributed by atoms with van der Waals surface area (Å²) in [4.78, 5) is 13.8. The number of morpholine rings is 1. The third-order valence-electron chi connectivity index (χ3n) is 3.08. The first kappa shape index (κ1) is 14.0. The molecule has 1 aromatic heterocycles. The van der Waals surface area contributed by atoms with Gasteiger partial charge in [0, 0.05) is 25.6 Å². The first-order valence-corrected chi connectivity index (χ1v) is 6.35. The Bertz CT molecular complexity index is 421. The van der Waals surface area contributed by atoms with Gasteiger partial charge in [-0.3, -0.25) is 9.69 Å². The molecule has 1 unspecified atom stereocenters. The van der Waals surface area contributed by atoms with Gasteiger partial charge in [-0.25, -0.2) is 0 Å². The Morgan fingerprint density at radius 2 is 2.53 bits per heavy atom. The number of carbonyl (C=O) groups is 1. The number of anilines is 1. The lowest BCUT2D eigenvalue weighted by atomic mass is 10.2. The Kier molecular flexibility index (Phi) is 4.89. The van der Waals surface area contributed by atoms with E-state index in [9.17, 15) is 9.90 Å². The predicted molar refractivity (Wildman–Crippen MR) is 67.8 cm³/mol. The van der Waals surface area contributed by atoms with Gasteiger partial charge in [-0.2, -0.15) is 0 Å². The Hall–Kier alpha value is -1.44. The van der Waals surface area contributed by atoms with Gasteiger partial charge in [0.05, 0.1) is 25.9 Å². The average molecular weight is 269 g/mol. The number of aliphatic hydroxyl groups is 1. The summed E-state index contributed by atoms with van der Waals surface area (Å²) in [6.45, 7) is 4.30. The van der Waals surface area contributed by atoms with Crippen LogP contribution in [0.4, 0.5) is 5.82 Å². The molecule has 7 heteroatoms. The Morgan fingerprint density at radius 3 is 3.21 bits per heavy atom. The van der Waals surface area contributed by atoms with E-state index in [1.165, 1.54) is 0 Å². The van der Waals surface area contributed by atoms with Crippen LogP contribution in [0.1, 0.15) is 12.2 Å². The molecule has 1 atom stereocenters. The number of ether oxygens (including phenoxy) is 1. The molecule has 7 nitrogen and oxygen atoms in total. The minimum atomic E-state index is -0.114. The highest BCUT2D eigenvalue weighted by atomic mass is 16.5. The van der Waals surface area contributed by atoms with Crippen LogP contribution in [-0.2, 0) is 9.53 Å². The lowest BCUT2D eigenvalue weighted by molar-refractivity contribution is -0.117. The molecule has 1 aliphatic rings. The summed E-state index contributed by atoms with van der Waals surface area (Å²) in [5.74, 6) is 0.975. The summed E-state index contributed by atoms with van der Waals surface area (Å²) in [5, 5.41) is 15.6. The van der Waals surface area contributed by atoms with Crippen molar-refractivity contribution in [1.29, 1.82) is 0 Å². The van der Waals surface area contributed by atoms with Crippen LogP contribution in [0.5, 0.6) is 0 Å². The SMILES string of the molecule is Cc1cc(NC(=O)CCN2CCOCC2CO)no1. The zero-order chi connectivity index (χ0) is 13.7. The fourth-order valence-electron chi connectivity index (χ4n) is 2.03. The van der Waals surface area contributed by atoms with E-state index in [-0.39, 0.29) is 18.6 Å². The van der Waals surface area contributed by atoms with Crippen molar-refractivity contribution in [2.75, 3.05) is 38.2 Å². The van der Waals surface area contributed by atoms with Gasteiger partial charge in [0.1, 0.15) is 5.76 Å². The fraction of sp³-hybridized carbons (Fsp3) is 0.667. The van der Waals surface area contributed by atoms with Crippen LogP contribution in [0, 0.1) is 6.92 Å². The fourth-order valence-corrected chi connectivity index (χ4v) is 2.03. The summed E-state index contributed by atoms with van der Waals surface area (Å²) in [5.41, 5.74) is 0. The molecule has 19 heavy (non-hydrogen) atoms. The number of hydrogen-bond donors (Lipinski definition) is 2. The number of aliphatic hydroxyl groups excluding tert-OH is 1. The van der Waals surface area contributed by atoms with Gasteiger partial charge in [-0.1, -0.05) is 5.16 Å². The lowest BCUT2D eigenvalue weighted by Gasteiger charge is -2.34. The van der Waals surface area contributed by atoms with E-state index >= 15 is 0 Å². The van der Waals surface area contributed by atoms with Crippen LogP contribution in [0.2, 0.25) is 0 Å². The van der Waals surface area contributed by atoms with E-state index in [0.717, 1.165) is 6.54 Å². The summed E-state index contributed by atoms with van der Waals surface area (Å²) in [7, 11) is 0. The van der Waals surface area contributed by atoms with Crippen LogP contribution in [0.3, 0.4) is 0 Å². The van der Waals surface area contributed by atoms with Crippen molar-refractivity contribution < 1.29 is 19.2 Å². The Labute approximate surface area is 111 Å². The molecule has 1 aromatic rings. The summed E-state index contributed by atoms with van der Waals surface area (Å²) in [6.07, 6.45) is 0.350. The van der Waals surface area contributed by atoms with Crippen molar-refractivity contribution >= 4 is 11.7 Å². The molecule has 1 saturated heterocycles. The summed E-state index contributed by atoms with van der Waals surface area (Å²) < 4.78 is 10.2. The molecule has 0 bridgehead atoms. The van der Waals surface area contributed by atoms with Gasteiger partial charge in [-0.05, 0) is 6.92 Å². The van der Waals surface area contributed by atoms with E-state index in [2.05, 4.69) is 15.4 Å². The molecule has 0 aliphatic carbocycles. The largest absolute Gasteiger partial charge is 0.395 e. The number of carbonyl (C=O) groups excluding carboxylic acids is 1. The predicted octanol–water partition coefficient (Wildman–Crippen LogP) is 0.00472. The van der Waals surface area contributed by atoms with Crippen molar-refractivity contribution in [3.63, 3.8) is 0 Å². The maximum absolute atomic E-state index is 11.7. The Balaban J connectivity index is 1.76. The van der Waals surface area contributed by atoms with Crippen LogP contribution >= 0.6 is 0 Å². The van der Waals surface area contributed by atoms with Crippen molar-refractivity contribution in [3.05, 3.63) is 11.8 Å². The van der Waals surface area contributed by atoms with Crippen molar-refractivity contribution in [3.8, 4) is 0 Å². The minimum absolute atomic E-state index is 0.0177. The molecule has 106 valence electrons.